The molecule has 1 saturated heterocycles. The Labute approximate surface area is 82.7 Å². The summed E-state index contributed by atoms with van der Waals surface area (Å²) in [6.07, 6.45) is 1.34. The number of nitrogens with zero attached hydrogens (tertiary/aromatic N) is 1. The standard InChI is InChI=1S/C11H24N2/c1-9(2)13-7-6-10(8-13)11(3,4)12-5/h9-10,12H,6-8H2,1-5H3. The summed E-state index contributed by atoms with van der Waals surface area (Å²) in [4.78, 5) is 2.57. The van der Waals surface area contributed by atoms with Crippen LogP contribution >= 0.6 is 0 Å². The maximum atomic E-state index is 3.42. The first kappa shape index (κ1) is 11.0. The fourth-order valence-corrected chi connectivity index (χ4v) is 2.05. The molecule has 0 spiro atoms. The first-order valence-corrected chi connectivity index (χ1v) is 5.40. The van der Waals surface area contributed by atoms with E-state index in [1.807, 2.05) is 0 Å². The summed E-state index contributed by atoms with van der Waals surface area (Å²) in [5.41, 5.74) is 0.295. The average Bonchev–Trinajstić information content (AvgIpc) is 2.52. The SMILES string of the molecule is CNC(C)(C)C1CCN(C(C)C)C1. The number of rotatable bonds is 3. The van der Waals surface area contributed by atoms with E-state index in [-0.39, 0.29) is 0 Å². The second-order valence-electron chi connectivity index (χ2n) is 5.05. The van der Waals surface area contributed by atoms with E-state index in [1.54, 1.807) is 0 Å². The topological polar surface area (TPSA) is 15.3 Å². The van der Waals surface area contributed by atoms with Crippen molar-refractivity contribution in [3.63, 3.8) is 0 Å². The van der Waals surface area contributed by atoms with E-state index in [2.05, 4.69) is 45.0 Å². The zero-order chi connectivity index (χ0) is 10.1. The molecule has 1 atom stereocenters. The minimum Gasteiger partial charge on any atom is -0.314 e. The lowest BCUT2D eigenvalue weighted by Crippen LogP contribution is -2.45. The van der Waals surface area contributed by atoms with Crippen molar-refractivity contribution < 1.29 is 0 Å². The molecule has 0 aliphatic carbocycles. The molecule has 0 aromatic rings. The predicted molar refractivity (Wildman–Crippen MR) is 58.0 cm³/mol. The van der Waals surface area contributed by atoms with Crippen LogP contribution in [0.3, 0.4) is 0 Å². The fraction of sp³-hybridized carbons (Fsp3) is 1.00. The van der Waals surface area contributed by atoms with Gasteiger partial charge in [0, 0.05) is 18.1 Å². The molecule has 1 rings (SSSR count). The summed E-state index contributed by atoms with van der Waals surface area (Å²) in [5.74, 6) is 0.805. The van der Waals surface area contributed by atoms with Gasteiger partial charge in [0.15, 0.2) is 0 Å². The first-order chi connectivity index (χ1) is 5.97. The summed E-state index contributed by atoms with van der Waals surface area (Å²) in [6.45, 7) is 11.7. The zero-order valence-corrected chi connectivity index (χ0v) is 9.72. The van der Waals surface area contributed by atoms with Crippen LogP contribution in [0.15, 0.2) is 0 Å². The lowest BCUT2D eigenvalue weighted by Gasteiger charge is -2.32. The molecule has 2 nitrogen and oxygen atoms in total. The zero-order valence-electron chi connectivity index (χ0n) is 9.72. The molecule has 78 valence electrons. The van der Waals surface area contributed by atoms with E-state index in [0.717, 1.165) is 5.92 Å². The molecule has 0 amide bonds. The van der Waals surface area contributed by atoms with Gasteiger partial charge in [0.25, 0.3) is 0 Å². The van der Waals surface area contributed by atoms with Crippen molar-refractivity contribution in [2.45, 2.75) is 45.7 Å². The molecule has 0 radical (unpaired) electrons. The first-order valence-electron chi connectivity index (χ1n) is 5.40. The number of hydrogen-bond acceptors (Lipinski definition) is 2. The third-order valence-electron chi connectivity index (χ3n) is 3.61. The highest BCUT2D eigenvalue weighted by atomic mass is 15.2. The van der Waals surface area contributed by atoms with E-state index in [9.17, 15) is 0 Å². The Hall–Kier alpha value is -0.0800. The minimum atomic E-state index is 0.295. The molecule has 1 aliphatic heterocycles. The van der Waals surface area contributed by atoms with Gasteiger partial charge >= 0.3 is 0 Å². The lowest BCUT2D eigenvalue weighted by atomic mass is 9.87. The molecule has 1 N–H and O–H groups in total. The van der Waals surface area contributed by atoms with Crippen molar-refractivity contribution in [3.8, 4) is 0 Å². The molecule has 0 aromatic heterocycles. The van der Waals surface area contributed by atoms with Gasteiger partial charge in [-0.3, -0.25) is 0 Å². The summed E-state index contributed by atoms with van der Waals surface area (Å²) in [6, 6.07) is 0.706. The third kappa shape index (κ3) is 2.44. The Bertz CT molecular complexity index is 163. The van der Waals surface area contributed by atoms with Gasteiger partial charge in [-0.05, 0) is 53.6 Å². The highest BCUT2D eigenvalue weighted by molar-refractivity contribution is 4.91. The van der Waals surface area contributed by atoms with Gasteiger partial charge in [-0.2, -0.15) is 0 Å². The minimum absolute atomic E-state index is 0.295. The number of likely N-dealkylation sites (tertiary alicyclic amines) is 1. The van der Waals surface area contributed by atoms with E-state index in [4.69, 9.17) is 0 Å². The highest BCUT2D eigenvalue weighted by Crippen LogP contribution is 2.27. The Balaban J connectivity index is 2.49. The van der Waals surface area contributed by atoms with E-state index in [1.165, 1.54) is 19.5 Å². The van der Waals surface area contributed by atoms with Crippen molar-refractivity contribution in [1.29, 1.82) is 0 Å². The van der Waals surface area contributed by atoms with E-state index >= 15 is 0 Å². The van der Waals surface area contributed by atoms with Crippen LogP contribution in [0.4, 0.5) is 0 Å². The smallest absolute Gasteiger partial charge is 0.0163 e. The molecular weight excluding hydrogens is 160 g/mol. The van der Waals surface area contributed by atoms with Crippen molar-refractivity contribution in [3.05, 3.63) is 0 Å². The van der Waals surface area contributed by atoms with Gasteiger partial charge in [-0.15, -0.1) is 0 Å². The molecule has 1 aliphatic rings. The van der Waals surface area contributed by atoms with Gasteiger partial charge in [0.05, 0.1) is 0 Å². The van der Waals surface area contributed by atoms with Crippen molar-refractivity contribution >= 4 is 0 Å². The van der Waals surface area contributed by atoms with Crippen LogP contribution in [0, 0.1) is 5.92 Å². The van der Waals surface area contributed by atoms with Crippen molar-refractivity contribution in [1.82, 2.24) is 10.2 Å². The van der Waals surface area contributed by atoms with Gasteiger partial charge in [0.1, 0.15) is 0 Å². The maximum absolute atomic E-state index is 3.42. The molecule has 2 heteroatoms. The van der Waals surface area contributed by atoms with Crippen molar-refractivity contribution in [2.75, 3.05) is 20.1 Å². The van der Waals surface area contributed by atoms with Gasteiger partial charge in [-0.1, -0.05) is 0 Å². The number of nitrogens with one attached hydrogen (secondary N) is 1. The van der Waals surface area contributed by atoms with Gasteiger partial charge in [-0.25, -0.2) is 0 Å². The molecular formula is C11H24N2. The van der Waals surface area contributed by atoms with Crippen LogP contribution in [-0.2, 0) is 0 Å². The molecule has 0 bridgehead atoms. The van der Waals surface area contributed by atoms with Crippen LogP contribution < -0.4 is 5.32 Å². The van der Waals surface area contributed by atoms with Crippen LogP contribution in [0.2, 0.25) is 0 Å². The number of hydrogen-bond donors (Lipinski definition) is 1. The van der Waals surface area contributed by atoms with E-state index in [0.29, 0.717) is 11.6 Å². The predicted octanol–water partition coefficient (Wildman–Crippen LogP) is 1.71. The highest BCUT2D eigenvalue weighted by Gasteiger charge is 2.34. The summed E-state index contributed by atoms with van der Waals surface area (Å²) >= 11 is 0. The van der Waals surface area contributed by atoms with Crippen molar-refractivity contribution in [2.24, 2.45) is 5.92 Å². The molecule has 13 heavy (non-hydrogen) atoms. The lowest BCUT2D eigenvalue weighted by molar-refractivity contribution is 0.225. The quantitative estimate of drug-likeness (QED) is 0.718. The summed E-state index contributed by atoms with van der Waals surface area (Å²) in [5, 5.41) is 3.42. The van der Waals surface area contributed by atoms with Gasteiger partial charge < -0.3 is 10.2 Å². The fourth-order valence-electron chi connectivity index (χ4n) is 2.05. The maximum Gasteiger partial charge on any atom is 0.0163 e. The Morgan fingerprint density at radius 2 is 2.00 bits per heavy atom. The van der Waals surface area contributed by atoms with Crippen LogP contribution in [0.25, 0.3) is 0 Å². The molecule has 1 fully saturated rings. The van der Waals surface area contributed by atoms with Crippen LogP contribution in [0.5, 0.6) is 0 Å². The molecule has 1 unspecified atom stereocenters. The third-order valence-corrected chi connectivity index (χ3v) is 3.61. The molecule has 1 heterocycles. The van der Waals surface area contributed by atoms with Gasteiger partial charge in [0.2, 0.25) is 0 Å². The average molecular weight is 184 g/mol. The monoisotopic (exact) mass is 184 g/mol. The summed E-state index contributed by atoms with van der Waals surface area (Å²) < 4.78 is 0. The Kier molecular flexibility index (Phi) is 3.36. The van der Waals surface area contributed by atoms with Crippen LogP contribution in [-0.4, -0.2) is 36.6 Å². The van der Waals surface area contributed by atoms with Crippen LogP contribution in [0.1, 0.15) is 34.1 Å². The second kappa shape index (κ2) is 3.97. The molecule has 0 aromatic carbocycles. The van der Waals surface area contributed by atoms with E-state index < -0.39 is 0 Å². The molecule has 0 saturated carbocycles. The summed E-state index contributed by atoms with van der Waals surface area (Å²) in [7, 11) is 2.07. The Morgan fingerprint density at radius 3 is 2.38 bits per heavy atom. The second-order valence-corrected chi connectivity index (χ2v) is 5.05. The largest absolute Gasteiger partial charge is 0.314 e. The normalized spacial score (nSPS) is 25.8. The Morgan fingerprint density at radius 1 is 1.38 bits per heavy atom.